The molecule has 0 aliphatic carbocycles. The van der Waals surface area contributed by atoms with Crippen LogP contribution in [-0.4, -0.2) is 7.12 Å². The normalized spacial score (nSPS) is 11.4. The Morgan fingerprint density at radius 2 is 1.00 bits per heavy atom. The second-order valence-corrected chi connectivity index (χ2v) is 8.34. The highest BCUT2D eigenvalue weighted by atomic mass is 19.2. The first-order valence-electron chi connectivity index (χ1n) is 11.0. The van der Waals surface area contributed by atoms with Crippen LogP contribution in [0, 0.1) is 69.8 Å². The highest BCUT2D eigenvalue weighted by molar-refractivity contribution is 6.63. The Kier molecular flexibility index (Phi) is 6.91. The monoisotopic (exact) mass is 590 g/mol. The van der Waals surface area contributed by atoms with Crippen LogP contribution in [-0.2, 0) is 0 Å². The van der Waals surface area contributed by atoms with Crippen LogP contribution in [0.15, 0.2) is 42.5 Å². The molecule has 0 aliphatic heterocycles. The molecule has 5 rings (SSSR count). The van der Waals surface area contributed by atoms with E-state index in [0.717, 1.165) is 12.1 Å². The summed E-state index contributed by atoms with van der Waals surface area (Å²) in [6.45, 7) is 0. The molecule has 0 aliphatic rings. The van der Waals surface area contributed by atoms with Gasteiger partial charge in [-0.1, -0.05) is 12.1 Å². The van der Waals surface area contributed by atoms with Gasteiger partial charge in [-0.25, -0.2) is 52.7 Å². The average molecular weight is 590 g/mol. The van der Waals surface area contributed by atoms with Gasteiger partial charge in [0, 0.05) is 16.8 Å². The van der Waals surface area contributed by atoms with Crippen molar-refractivity contribution >= 4 is 34.1 Å². The largest absolute Gasteiger partial charge is 0.639 e. The summed E-state index contributed by atoms with van der Waals surface area (Å²) in [5, 5.41) is -3.81. The second kappa shape index (κ2) is 10.1. The second-order valence-electron chi connectivity index (χ2n) is 8.34. The molecule has 0 atom stereocenters. The van der Waals surface area contributed by atoms with Crippen molar-refractivity contribution in [2.24, 2.45) is 0 Å². The summed E-state index contributed by atoms with van der Waals surface area (Å²) < 4.78 is 181. The summed E-state index contributed by atoms with van der Waals surface area (Å²) >= 11 is 0. The Labute approximate surface area is 220 Å². The van der Waals surface area contributed by atoms with E-state index in [1.165, 1.54) is 0 Å². The molecule has 5 aromatic carbocycles. The minimum atomic E-state index is -2.89. The fourth-order valence-electron chi connectivity index (χ4n) is 4.10. The summed E-state index contributed by atoms with van der Waals surface area (Å²) in [6.07, 6.45) is 0. The third-order valence-electron chi connectivity index (χ3n) is 5.95. The van der Waals surface area contributed by atoms with Crippen molar-refractivity contribution < 1.29 is 62.0 Å². The molecule has 5 aromatic rings. The Bertz CT molecular complexity index is 1870. The zero-order valence-electron chi connectivity index (χ0n) is 19.5. The van der Waals surface area contributed by atoms with E-state index in [9.17, 15) is 52.7 Å². The summed E-state index contributed by atoms with van der Waals surface area (Å²) in [5.74, 6) is -27.2. The lowest BCUT2D eigenvalue weighted by Crippen LogP contribution is -2.47. The van der Waals surface area contributed by atoms with Crippen LogP contribution in [0.2, 0.25) is 0 Å². The molecule has 0 heterocycles. The lowest BCUT2D eigenvalue weighted by atomic mass is 9.77. The topological polar surface area (TPSA) is 18.5 Å². The van der Waals surface area contributed by atoms with Crippen molar-refractivity contribution in [3.8, 4) is 11.5 Å². The number of rotatable bonds is 5. The van der Waals surface area contributed by atoms with Crippen LogP contribution >= 0.6 is 0 Å². The molecular weight excluding hydrogens is 583 g/mol. The molecule has 0 N–H and O–H groups in total. The fourth-order valence-corrected chi connectivity index (χ4v) is 4.10. The molecular formula is C26H7BF12O2. The predicted octanol–water partition coefficient (Wildman–Crippen LogP) is 7.52. The van der Waals surface area contributed by atoms with E-state index >= 15 is 0 Å². The van der Waals surface area contributed by atoms with Gasteiger partial charge < -0.3 is 9.31 Å². The quantitative estimate of drug-likeness (QED) is 0.0914. The number of hydrogen-bond donors (Lipinski definition) is 0. The fraction of sp³-hybridized carbons (Fsp3) is 0. The highest BCUT2D eigenvalue weighted by Crippen LogP contribution is 2.35. The van der Waals surface area contributed by atoms with Crippen LogP contribution in [0.1, 0.15) is 0 Å². The van der Waals surface area contributed by atoms with Crippen molar-refractivity contribution in [2.75, 3.05) is 0 Å². The van der Waals surface area contributed by atoms with Gasteiger partial charge in [0.2, 0.25) is 0 Å². The van der Waals surface area contributed by atoms with Crippen molar-refractivity contribution in [3.63, 3.8) is 0 Å². The molecule has 210 valence electrons. The van der Waals surface area contributed by atoms with Gasteiger partial charge in [0.25, 0.3) is 0 Å². The molecule has 0 radical (unpaired) electrons. The minimum Gasteiger partial charge on any atom is -0.521 e. The van der Waals surface area contributed by atoms with E-state index in [2.05, 4.69) is 0 Å². The molecule has 15 heteroatoms. The summed E-state index contributed by atoms with van der Waals surface area (Å²) in [7, 11) is -2.89. The van der Waals surface area contributed by atoms with Crippen molar-refractivity contribution in [1.82, 2.24) is 0 Å². The summed E-state index contributed by atoms with van der Waals surface area (Å²) in [6, 6.07) is 4.29. The molecule has 0 amide bonds. The van der Waals surface area contributed by atoms with Gasteiger partial charge in [-0.05, 0) is 24.3 Å². The maximum absolute atomic E-state index is 14.8. The summed E-state index contributed by atoms with van der Waals surface area (Å²) in [5.41, 5.74) is -1.88. The molecule has 0 aromatic heterocycles. The zero-order valence-corrected chi connectivity index (χ0v) is 19.5. The lowest BCUT2D eigenvalue weighted by molar-refractivity contribution is 0.376. The molecule has 2 nitrogen and oxygen atoms in total. The SMILES string of the molecule is Fc1cc(F)c2c(F)ccc(OB(Oc3cccc4c(F)c(F)c(F)c(F)c34)c3c(F)c(F)c(F)c(F)c3F)c2c1. The molecule has 0 saturated carbocycles. The first-order chi connectivity index (χ1) is 19.3. The maximum Gasteiger partial charge on any atom is 0.639 e. The van der Waals surface area contributed by atoms with Gasteiger partial charge in [-0.15, -0.1) is 0 Å². The molecule has 0 saturated heterocycles. The maximum atomic E-state index is 14.8. The van der Waals surface area contributed by atoms with Crippen molar-refractivity contribution in [1.29, 1.82) is 0 Å². The van der Waals surface area contributed by atoms with Crippen LogP contribution < -0.4 is 14.8 Å². The van der Waals surface area contributed by atoms with E-state index < -0.39 is 115 Å². The van der Waals surface area contributed by atoms with Gasteiger partial charge in [0.05, 0.1) is 16.2 Å². The molecule has 0 fully saturated rings. The summed E-state index contributed by atoms with van der Waals surface area (Å²) in [4.78, 5) is 0. The van der Waals surface area contributed by atoms with E-state index in [-0.39, 0.29) is 6.07 Å². The van der Waals surface area contributed by atoms with Gasteiger partial charge >= 0.3 is 7.12 Å². The zero-order chi connectivity index (χ0) is 29.9. The Hall–Kier alpha value is -4.56. The highest BCUT2D eigenvalue weighted by Gasteiger charge is 2.40. The van der Waals surface area contributed by atoms with Crippen LogP contribution in [0.25, 0.3) is 21.5 Å². The average Bonchev–Trinajstić information content (AvgIpc) is 2.93. The number of hydrogen-bond acceptors (Lipinski definition) is 2. The number of halogens is 12. The van der Waals surface area contributed by atoms with Crippen molar-refractivity contribution in [2.45, 2.75) is 0 Å². The van der Waals surface area contributed by atoms with Gasteiger partial charge in [0.1, 0.15) is 29.0 Å². The van der Waals surface area contributed by atoms with Gasteiger partial charge in [0.15, 0.2) is 52.4 Å². The predicted molar refractivity (Wildman–Crippen MR) is 120 cm³/mol. The smallest absolute Gasteiger partial charge is 0.521 e. The van der Waals surface area contributed by atoms with E-state index in [4.69, 9.17) is 9.31 Å². The number of benzene rings is 5. The van der Waals surface area contributed by atoms with Gasteiger partial charge in [-0.2, -0.15) is 0 Å². The van der Waals surface area contributed by atoms with Crippen molar-refractivity contribution in [3.05, 3.63) is 112 Å². The van der Waals surface area contributed by atoms with E-state index in [0.29, 0.717) is 24.3 Å². The third-order valence-corrected chi connectivity index (χ3v) is 5.95. The van der Waals surface area contributed by atoms with Crippen LogP contribution in [0.3, 0.4) is 0 Å². The molecule has 0 spiro atoms. The van der Waals surface area contributed by atoms with Gasteiger partial charge in [-0.3, -0.25) is 0 Å². The first-order valence-corrected chi connectivity index (χ1v) is 11.0. The molecule has 41 heavy (non-hydrogen) atoms. The lowest BCUT2D eigenvalue weighted by Gasteiger charge is -2.21. The Balaban J connectivity index is 1.78. The van der Waals surface area contributed by atoms with Crippen LogP contribution in [0.4, 0.5) is 52.7 Å². The van der Waals surface area contributed by atoms with Crippen LogP contribution in [0.5, 0.6) is 11.5 Å². The Morgan fingerprint density at radius 1 is 0.439 bits per heavy atom. The first kappa shape index (κ1) is 28.0. The number of fused-ring (bicyclic) bond motifs is 2. The third kappa shape index (κ3) is 4.44. The van der Waals surface area contributed by atoms with E-state index in [1.807, 2.05) is 0 Å². The standard InChI is InChI=1S/C26H7BF12O2/c28-8-6-10-13(5-4-11(29)15(10)12(30)7-8)40-27(17-20(33)24(37)26(39)25(38)21(17)34)41-14-3-1-2-9-16(14)19(32)23(36)22(35)18(9)31/h1-7H. The Morgan fingerprint density at radius 3 is 1.66 bits per heavy atom. The molecule has 0 unspecified atom stereocenters. The van der Waals surface area contributed by atoms with E-state index in [1.54, 1.807) is 0 Å². The molecule has 0 bridgehead atoms. The minimum absolute atomic E-state index is 0.272.